The van der Waals surface area contributed by atoms with Crippen LogP contribution in [-0.4, -0.2) is 40.9 Å². The Bertz CT molecular complexity index is 175. The summed E-state index contributed by atoms with van der Waals surface area (Å²) in [7, 11) is -1.33. The minimum Gasteiger partial charge on any atom is -0.380 e. The Balaban J connectivity index is 4.52. The first-order valence-electron chi connectivity index (χ1n) is 4.00. The molecule has 0 aromatic rings. The molecule has 5 heteroatoms. The van der Waals surface area contributed by atoms with Crippen molar-refractivity contribution in [2.75, 3.05) is 24.0 Å². The first-order chi connectivity index (χ1) is 5.52. The van der Waals surface area contributed by atoms with Crippen LogP contribution in [0.2, 0.25) is 0 Å². The predicted octanol–water partition coefficient (Wildman–Crippen LogP) is 2.38. The van der Waals surface area contributed by atoms with Crippen molar-refractivity contribution in [1.82, 2.24) is 0 Å². The van der Waals surface area contributed by atoms with Gasteiger partial charge in [0.2, 0.25) is 0 Å². The Morgan fingerprint density at radius 3 is 1.85 bits per heavy atom. The predicted molar refractivity (Wildman–Crippen MR) is 51.5 cm³/mol. The molecular formula is C8H17F3OS. The molecule has 0 aliphatic carbocycles. The summed E-state index contributed by atoms with van der Waals surface area (Å²) in [5.74, 6) is 0.513. The lowest BCUT2D eigenvalue weighted by atomic mass is 10.1. The third-order valence-corrected chi connectivity index (χ3v) is 4.97. The average Bonchev–Trinajstić information content (AvgIpc) is 1.83. The minimum absolute atomic E-state index is 0.181. The van der Waals surface area contributed by atoms with Crippen molar-refractivity contribution in [3.05, 3.63) is 0 Å². The van der Waals surface area contributed by atoms with E-state index in [1.807, 2.05) is 6.92 Å². The van der Waals surface area contributed by atoms with Crippen LogP contribution in [0.25, 0.3) is 0 Å². The van der Waals surface area contributed by atoms with E-state index in [0.717, 1.165) is 6.92 Å². The van der Waals surface area contributed by atoms with Crippen LogP contribution >= 0.6 is 10.0 Å². The fourth-order valence-electron chi connectivity index (χ4n) is 0.945. The van der Waals surface area contributed by atoms with Gasteiger partial charge >= 0.3 is 6.18 Å². The van der Waals surface area contributed by atoms with Crippen molar-refractivity contribution in [3.8, 4) is 0 Å². The molecule has 13 heavy (non-hydrogen) atoms. The molecule has 0 heterocycles. The molecule has 0 aliphatic heterocycles. The number of aliphatic hydroxyl groups is 1. The minimum atomic E-state index is -4.52. The average molecular weight is 218 g/mol. The van der Waals surface area contributed by atoms with Crippen LogP contribution in [0.4, 0.5) is 13.2 Å². The highest BCUT2D eigenvalue weighted by atomic mass is 32.3. The Kier molecular flexibility index (Phi) is 3.72. The summed E-state index contributed by atoms with van der Waals surface area (Å²) < 4.78 is 36.8. The highest BCUT2D eigenvalue weighted by molar-refractivity contribution is 8.32. The molecule has 0 saturated carbocycles. The van der Waals surface area contributed by atoms with E-state index in [2.05, 4.69) is 0 Å². The first kappa shape index (κ1) is 13.1. The fraction of sp³-hybridized carbons (Fsp3) is 1.00. The van der Waals surface area contributed by atoms with Crippen LogP contribution in [0.1, 0.15) is 13.8 Å². The maximum absolute atomic E-state index is 12.3. The molecule has 82 valence electrons. The van der Waals surface area contributed by atoms with Crippen molar-refractivity contribution in [2.45, 2.75) is 25.6 Å². The molecule has 1 N–H and O–H groups in total. The van der Waals surface area contributed by atoms with Gasteiger partial charge in [0.15, 0.2) is 5.60 Å². The van der Waals surface area contributed by atoms with Crippen LogP contribution in [0.5, 0.6) is 0 Å². The van der Waals surface area contributed by atoms with Gasteiger partial charge in [-0.1, -0.05) is 6.92 Å². The summed E-state index contributed by atoms with van der Waals surface area (Å²) in [4.78, 5) is 0. The Labute approximate surface area is 78.6 Å². The highest BCUT2D eigenvalue weighted by Crippen LogP contribution is 2.46. The summed E-state index contributed by atoms with van der Waals surface area (Å²) in [5, 5.41) is 9.21. The summed E-state index contributed by atoms with van der Waals surface area (Å²) in [6.07, 6.45) is -0.924. The van der Waals surface area contributed by atoms with Gasteiger partial charge in [-0.05, 0) is 25.2 Å². The molecule has 0 rings (SSSR count). The molecule has 0 aromatic heterocycles. The van der Waals surface area contributed by atoms with E-state index in [-0.39, 0.29) is 5.75 Å². The van der Waals surface area contributed by atoms with Gasteiger partial charge in [-0.2, -0.15) is 13.2 Å². The second-order valence-corrected chi connectivity index (χ2v) is 8.37. The zero-order chi connectivity index (χ0) is 10.9. The quantitative estimate of drug-likeness (QED) is 0.771. The third kappa shape index (κ3) is 3.77. The molecular weight excluding hydrogens is 201 g/mol. The Hall–Kier alpha value is 0.100. The van der Waals surface area contributed by atoms with Gasteiger partial charge in [0.05, 0.1) is 0 Å². The summed E-state index contributed by atoms with van der Waals surface area (Å²) >= 11 is 0. The van der Waals surface area contributed by atoms with Gasteiger partial charge < -0.3 is 5.11 Å². The molecule has 0 bridgehead atoms. The fourth-order valence-corrected chi connectivity index (χ4v) is 2.83. The number of hydrogen-bond acceptors (Lipinski definition) is 1. The van der Waals surface area contributed by atoms with Gasteiger partial charge in [-0.25, -0.2) is 10.0 Å². The molecule has 0 saturated heterocycles. The maximum Gasteiger partial charge on any atom is 0.417 e. The van der Waals surface area contributed by atoms with Crippen LogP contribution in [-0.2, 0) is 0 Å². The zero-order valence-corrected chi connectivity index (χ0v) is 9.22. The normalized spacial score (nSPS) is 19.7. The standard InChI is InChI=1S/C8H17F3OS/c1-5-13(3,4)6-7(2,12)8(9,10)11/h12H,5-6H2,1-4H3. The Morgan fingerprint density at radius 2 is 1.62 bits per heavy atom. The molecule has 1 unspecified atom stereocenters. The van der Waals surface area contributed by atoms with Crippen LogP contribution in [0, 0.1) is 0 Å². The number of alkyl halides is 3. The maximum atomic E-state index is 12.3. The second-order valence-electron chi connectivity index (χ2n) is 3.97. The highest BCUT2D eigenvalue weighted by Gasteiger charge is 2.51. The molecule has 0 fully saturated rings. The van der Waals surface area contributed by atoms with E-state index >= 15 is 0 Å². The molecule has 1 nitrogen and oxygen atoms in total. The topological polar surface area (TPSA) is 20.2 Å². The molecule has 0 amide bonds. The van der Waals surface area contributed by atoms with Crippen molar-refractivity contribution < 1.29 is 18.3 Å². The van der Waals surface area contributed by atoms with E-state index in [1.165, 1.54) is 0 Å². The van der Waals surface area contributed by atoms with Gasteiger partial charge in [-0.3, -0.25) is 0 Å². The molecule has 0 spiro atoms. The molecule has 0 radical (unpaired) electrons. The lowest BCUT2D eigenvalue weighted by Crippen LogP contribution is -2.46. The third-order valence-electron chi connectivity index (χ3n) is 2.06. The van der Waals surface area contributed by atoms with Gasteiger partial charge in [0.25, 0.3) is 0 Å². The number of rotatable bonds is 3. The van der Waals surface area contributed by atoms with Gasteiger partial charge in [0.1, 0.15) is 0 Å². The van der Waals surface area contributed by atoms with Crippen LogP contribution in [0.15, 0.2) is 0 Å². The van der Waals surface area contributed by atoms with Crippen LogP contribution in [0.3, 0.4) is 0 Å². The van der Waals surface area contributed by atoms with E-state index in [0.29, 0.717) is 5.75 Å². The van der Waals surface area contributed by atoms with Crippen LogP contribution < -0.4 is 0 Å². The van der Waals surface area contributed by atoms with E-state index < -0.39 is 21.8 Å². The van der Waals surface area contributed by atoms with E-state index in [4.69, 9.17) is 0 Å². The Morgan fingerprint density at radius 1 is 1.23 bits per heavy atom. The number of hydrogen-bond donors (Lipinski definition) is 1. The zero-order valence-electron chi connectivity index (χ0n) is 8.40. The molecule has 1 atom stereocenters. The van der Waals surface area contributed by atoms with Crippen molar-refractivity contribution >= 4 is 10.0 Å². The largest absolute Gasteiger partial charge is 0.417 e. The lowest BCUT2D eigenvalue weighted by Gasteiger charge is -2.38. The summed E-state index contributed by atoms with van der Waals surface area (Å²) in [6.45, 7) is 2.69. The van der Waals surface area contributed by atoms with E-state index in [1.54, 1.807) is 12.5 Å². The molecule has 0 aliphatic rings. The number of halogens is 3. The molecule has 0 aromatic carbocycles. The summed E-state index contributed by atoms with van der Waals surface area (Å²) in [5.41, 5.74) is -2.54. The first-order valence-corrected chi connectivity index (χ1v) is 6.78. The SMILES string of the molecule is CCS(C)(C)CC(C)(O)C(F)(F)F. The summed E-state index contributed by atoms with van der Waals surface area (Å²) in [6, 6.07) is 0. The van der Waals surface area contributed by atoms with Crippen molar-refractivity contribution in [2.24, 2.45) is 0 Å². The van der Waals surface area contributed by atoms with Gasteiger partial charge in [-0.15, -0.1) is 0 Å². The van der Waals surface area contributed by atoms with E-state index in [9.17, 15) is 18.3 Å². The second kappa shape index (κ2) is 3.69. The smallest absolute Gasteiger partial charge is 0.380 e. The van der Waals surface area contributed by atoms with Crippen molar-refractivity contribution in [3.63, 3.8) is 0 Å². The van der Waals surface area contributed by atoms with Crippen molar-refractivity contribution in [1.29, 1.82) is 0 Å². The monoisotopic (exact) mass is 218 g/mol. The van der Waals surface area contributed by atoms with Gasteiger partial charge in [0, 0.05) is 5.75 Å². The lowest BCUT2D eigenvalue weighted by molar-refractivity contribution is -0.243.